The molecule has 1 aliphatic carbocycles. The van der Waals surface area contributed by atoms with Crippen molar-refractivity contribution in [2.75, 3.05) is 6.54 Å². The number of hydrogen-bond acceptors (Lipinski definition) is 1. The monoisotopic (exact) mass is 197 g/mol. The molecule has 2 N–H and O–H groups in total. The summed E-state index contributed by atoms with van der Waals surface area (Å²) < 4.78 is 26.7. The lowest BCUT2D eigenvalue weighted by molar-refractivity contribution is 0.536. The molecule has 3 heteroatoms. The van der Waals surface area contributed by atoms with E-state index in [-0.39, 0.29) is 11.0 Å². The highest BCUT2D eigenvalue weighted by atomic mass is 19.1. The lowest BCUT2D eigenvalue weighted by Gasteiger charge is -2.15. The Morgan fingerprint density at radius 3 is 2.50 bits per heavy atom. The molecule has 76 valence electrons. The van der Waals surface area contributed by atoms with Gasteiger partial charge in [0.25, 0.3) is 0 Å². The maximum absolute atomic E-state index is 13.7. The maximum Gasteiger partial charge on any atom is 0.132 e. The van der Waals surface area contributed by atoms with Crippen molar-refractivity contribution >= 4 is 0 Å². The van der Waals surface area contributed by atoms with Gasteiger partial charge in [0, 0.05) is 17.5 Å². The van der Waals surface area contributed by atoms with Gasteiger partial charge in [-0.25, -0.2) is 8.78 Å². The van der Waals surface area contributed by atoms with Crippen molar-refractivity contribution in [1.29, 1.82) is 0 Å². The van der Waals surface area contributed by atoms with Crippen LogP contribution in [0.25, 0.3) is 0 Å². The average Bonchev–Trinajstić information content (AvgIpc) is 2.95. The Morgan fingerprint density at radius 1 is 1.36 bits per heavy atom. The van der Waals surface area contributed by atoms with Crippen molar-refractivity contribution < 1.29 is 8.78 Å². The number of hydrogen-bond donors (Lipinski definition) is 1. The zero-order valence-electron chi connectivity index (χ0n) is 8.11. The van der Waals surface area contributed by atoms with Crippen molar-refractivity contribution in [2.24, 2.45) is 5.73 Å². The first kappa shape index (κ1) is 9.59. The second-order valence-electron chi connectivity index (χ2n) is 4.02. The van der Waals surface area contributed by atoms with Crippen molar-refractivity contribution in [2.45, 2.75) is 25.2 Å². The third kappa shape index (κ3) is 1.23. The second kappa shape index (κ2) is 3.02. The third-order valence-corrected chi connectivity index (χ3v) is 3.14. The normalized spacial score (nSPS) is 18.3. The Labute approximate surface area is 81.9 Å². The summed E-state index contributed by atoms with van der Waals surface area (Å²) in [6.07, 6.45) is 1.82. The van der Waals surface area contributed by atoms with E-state index in [1.54, 1.807) is 0 Å². The molecule has 0 radical (unpaired) electrons. The molecule has 0 spiro atoms. The molecule has 14 heavy (non-hydrogen) atoms. The molecule has 0 amide bonds. The first-order chi connectivity index (χ1) is 6.60. The van der Waals surface area contributed by atoms with Gasteiger partial charge >= 0.3 is 0 Å². The summed E-state index contributed by atoms with van der Waals surface area (Å²) in [6, 6.07) is 2.85. The summed E-state index contributed by atoms with van der Waals surface area (Å²) in [5, 5.41) is 0. The molecule has 1 aromatic rings. The smallest absolute Gasteiger partial charge is 0.132 e. The SMILES string of the molecule is Cc1c(F)ccc(C2(CN)CC2)c1F. The van der Waals surface area contributed by atoms with Crippen LogP contribution in [0.15, 0.2) is 12.1 Å². The van der Waals surface area contributed by atoms with E-state index in [4.69, 9.17) is 5.73 Å². The minimum Gasteiger partial charge on any atom is -0.330 e. The number of nitrogens with two attached hydrogens (primary N) is 1. The van der Waals surface area contributed by atoms with Gasteiger partial charge in [0.15, 0.2) is 0 Å². The highest BCUT2D eigenvalue weighted by Gasteiger charge is 2.45. The maximum atomic E-state index is 13.7. The Bertz CT molecular complexity index is 370. The van der Waals surface area contributed by atoms with Gasteiger partial charge in [0.05, 0.1) is 0 Å². The van der Waals surface area contributed by atoms with E-state index in [0.717, 1.165) is 12.8 Å². The summed E-state index contributed by atoms with van der Waals surface area (Å²) in [5.41, 5.74) is 6.07. The number of halogens is 2. The summed E-state index contributed by atoms with van der Waals surface area (Å²) >= 11 is 0. The molecule has 1 fully saturated rings. The Hall–Kier alpha value is -0.960. The van der Waals surface area contributed by atoms with E-state index in [9.17, 15) is 8.78 Å². The Balaban J connectivity index is 2.50. The van der Waals surface area contributed by atoms with Crippen LogP contribution < -0.4 is 5.73 Å². The zero-order chi connectivity index (χ0) is 10.3. The van der Waals surface area contributed by atoms with E-state index < -0.39 is 11.6 Å². The van der Waals surface area contributed by atoms with E-state index in [0.29, 0.717) is 12.1 Å². The summed E-state index contributed by atoms with van der Waals surface area (Å²) in [6.45, 7) is 1.90. The van der Waals surface area contributed by atoms with Crippen LogP contribution >= 0.6 is 0 Å². The largest absolute Gasteiger partial charge is 0.330 e. The lowest BCUT2D eigenvalue weighted by atomic mass is 9.94. The van der Waals surface area contributed by atoms with Crippen LogP contribution in [0.1, 0.15) is 24.0 Å². The van der Waals surface area contributed by atoms with Gasteiger partial charge in [-0.3, -0.25) is 0 Å². The molecule has 2 rings (SSSR count). The highest BCUT2D eigenvalue weighted by molar-refractivity contribution is 5.37. The predicted molar refractivity (Wildman–Crippen MR) is 51.1 cm³/mol. The van der Waals surface area contributed by atoms with E-state index in [1.165, 1.54) is 19.1 Å². The molecular weight excluding hydrogens is 184 g/mol. The Kier molecular flexibility index (Phi) is 2.07. The molecule has 1 nitrogen and oxygen atoms in total. The molecule has 0 aliphatic heterocycles. The van der Waals surface area contributed by atoms with Crippen LogP contribution in [0.5, 0.6) is 0 Å². The van der Waals surface area contributed by atoms with Crippen LogP contribution in [-0.4, -0.2) is 6.54 Å². The molecule has 1 saturated carbocycles. The van der Waals surface area contributed by atoms with Gasteiger partial charge in [-0.05, 0) is 31.4 Å². The number of rotatable bonds is 2. The summed E-state index contributed by atoms with van der Waals surface area (Å²) in [4.78, 5) is 0. The molecule has 1 aliphatic rings. The quantitative estimate of drug-likeness (QED) is 0.773. The summed E-state index contributed by atoms with van der Waals surface area (Å²) in [7, 11) is 0. The number of benzene rings is 1. The van der Waals surface area contributed by atoms with Gasteiger partial charge in [0.2, 0.25) is 0 Å². The van der Waals surface area contributed by atoms with Gasteiger partial charge in [0.1, 0.15) is 11.6 Å². The van der Waals surface area contributed by atoms with Crippen molar-refractivity contribution in [1.82, 2.24) is 0 Å². The summed E-state index contributed by atoms with van der Waals surface area (Å²) in [5.74, 6) is -0.910. The van der Waals surface area contributed by atoms with E-state index in [2.05, 4.69) is 0 Å². The topological polar surface area (TPSA) is 26.0 Å². The van der Waals surface area contributed by atoms with Crippen LogP contribution in [-0.2, 0) is 5.41 Å². The first-order valence-corrected chi connectivity index (χ1v) is 4.76. The van der Waals surface area contributed by atoms with Crippen molar-refractivity contribution in [3.63, 3.8) is 0 Å². The minimum absolute atomic E-state index is 0.0993. The third-order valence-electron chi connectivity index (χ3n) is 3.14. The van der Waals surface area contributed by atoms with Gasteiger partial charge < -0.3 is 5.73 Å². The molecule has 1 aromatic carbocycles. The fraction of sp³-hybridized carbons (Fsp3) is 0.455. The van der Waals surface area contributed by atoms with Crippen LogP contribution in [0.2, 0.25) is 0 Å². The van der Waals surface area contributed by atoms with Gasteiger partial charge in [-0.2, -0.15) is 0 Å². The molecule has 0 saturated heterocycles. The molecule has 0 heterocycles. The Morgan fingerprint density at radius 2 is 2.00 bits per heavy atom. The van der Waals surface area contributed by atoms with Crippen LogP contribution in [0, 0.1) is 18.6 Å². The van der Waals surface area contributed by atoms with E-state index in [1.807, 2.05) is 0 Å². The van der Waals surface area contributed by atoms with Crippen molar-refractivity contribution in [3.05, 3.63) is 34.9 Å². The molecule has 0 atom stereocenters. The van der Waals surface area contributed by atoms with Crippen molar-refractivity contribution in [3.8, 4) is 0 Å². The fourth-order valence-corrected chi connectivity index (χ4v) is 1.81. The lowest BCUT2D eigenvalue weighted by Crippen LogP contribution is -2.21. The van der Waals surface area contributed by atoms with Gasteiger partial charge in [-0.1, -0.05) is 6.07 Å². The highest BCUT2D eigenvalue weighted by Crippen LogP contribution is 2.48. The average molecular weight is 197 g/mol. The molecule has 0 bridgehead atoms. The standard InChI is InChI=1S/C11H13F2N/c1-7-9(12)3-2-8(10(7)13)11(6-14)4-5-11/h2-3H,4-6,14H2,1H3. The molecule has 0 aromatic heterocycles. The van der Waals surface area contributed by atoms with Crippen LogP contribution in [0.4, 0.5) is 8.78 Å². The van der Waals surface area contributed by atoms with Crippen LogP contribution in [0.3, 0.4) is 0 Å². The minimum atomic E-state index is -0.487. The fourth-order valence-electron chi connectivity index (χ4n) is 1.81. The van der Waals surface area contributed by atoms with E-state index >= 15 is 0 Å². The molecule has 0 unspecified atom stereocenters. The predicted octanol–water partition coefficient (Wildman–Crippen LogP) is 2.26. The second-order valence-corrected chi connectivity index (χ2v) is 4.02. The van der Waals surface area contributed by atoms with Gasteiger partial charge in [-0.15, -0.1) is 0 Å². The first-order valence-electron chi connectivity index (χ1n) is 4.76. The zero-order valence-corrected chi connectivity index (χ0v) is 8.11. The molecular formula is C11H13F2N.